The Labute approximate surface area is 174 Å². The van der Waals surface area contributed by atoms with Crippen LogP contribution in [0.2, 0.25) is 0 Å². The van der Waals surface area contributed by atoms with Crippen LogP contribution in [0, 0.1) is 22.7 Å². The summed E-state index contributed by atoms with van der Waals surface area (Å²) in [7, 11) is 0. The standard InChI is InChI=1S/C21H37N5O3/c1-5-8-25-9-6-21(15-22,7-10-25)24-18(27)16(13-20(2,3)4)17-14-29-12-11-26(17)19(23)28/h16-17H,5-14H2,1-4H3,(H2,23,28)(H,24,27). The molecule has 0 aromatic carbocycles. The van der Waals surface area contributed by atoms with E-state index in [1.54, 1.807) is 4.90 Å². The van der Waals surface area contributed by atoms with E-state index in [0.29, 0.717) is 32.4 Å². The van der Waals surface area contributed by atoms with Gasteiger partial charge in [-0.25, -0.2) is 4.79 Å². The first-order valence-corrected chi connectivity index (χ1v) is 10.7. The molecule has 2 aliphatic rings. The normalized spacial score (nSPS) is 23.8. The van der Waals surface area contributed by atoms with E-state index >= 15 is 0 Å². The Morgan fingerprint density at radius 2 is 1.97 bits per heavy atom. The fraction of sp³-hybridized carbons (Fsp3) is 0.857. The van der Waals surface area contributed by atoms with Crippen LogP contribution in [0.3, 0.4) is 0 Å². The number of nitriles is 1. The van der Waals surface area contributed by atoms with E-state index in [0.717, 1.165) is 26.1 Å². The lowest BCUT2D eigenvalue weighted by molar-refractivity contribution is -0.132. The van der Waals surface area contributed by atoms with Crippen molar-refractivity contribution in [3.8, 4) is 6.07 Å². The van der Waals surface area contributed by atoms with Crippen LogP contribution >= 0.6 is 0 Å². The zero-order valence-corrected chi connectivity index (χ0v) is 18.4. The number of urea groups is 1. The van der Waals surface area contributed by atoms with Crippen LogP contribution in [0.15, 0.2) is 0 Å². The van der Waals surface area contributed by atoms with E-state index in [1.165, 1.54) is 0 Å². The maximum absolute atomic E-state index is 13.4. The zero-order valence-electron chi connectivity index (χ0n) is 18.4. The summed E-state index contributed by atoms with van der Waals surface area (Å²) in [5, 5.41) is 12.9. The fourth-order valence-electron chi connectivity index (χ4n) is 4.36. The Balaban J connectivity index is 2.18. The molecule has 164 valence electrons. The minimum absolute atomic E-state index is 0.132. The van der Waals surface area contributed by atoms with Gasteiger partial charge in [-0.3, -0.25) is 4.79 Å². The molecule has 2 saturated heterocycles. The van der Waals surface area contributed by atoms with Crippen molar-refractivity contribution in [2.75, 3.05) is 39.4 Å². The van der Waals surface area contributed by atoms with E-state index in [9.17, 15) is 14.9 Å². The monoisotopic (exact) mass is 407 g/mol. The molecule has 3 amide bonds. The molecule has 29 heavy (non-hydrogen) atoms. The first kappa shape index (κ1) is 23.4. The third kappa shape index (κ3) is 6.31. The summed E-state index contributed by atoms with van der Waals surface area (Å²) >= 11 is 0. The Morgan fingerprint density at radius 1 is 1.31 bits per heavy atom. The van der Waals surface area contributed by atoms with Gasteiger partial charge in [-0.2, -0.15) is 5.26 Å². The summed E-state index contributed by atoms with van der Waals surface area (Å²) in [6, 6.07) is 1.42. The maximum Gasteiger partial charge on any atom is 0.315 e. The number of ether oxygens (including phenoxy) is 1. The number of likely N-dealkylation sites (tertiary alicyclic amines) is 1. The van der Waals surface area contributed by atoms with Crippen molar-refractivity contribution < 1.29 is 14.3 Å². The molecule has 3 N–H and O–H groups in total. The molecule has 0 aliphatic carbocycles. The second-order valence-electron chi connectivity index (χ2n) is 9.57. The van der Waals surface area contributed by atoms with Crippen molar-refractivity contribution >= 4 is 11.9 Å². The second kappa shape index (κ2) is 9.77. The van der Waals surface area contributed by atoms with Crippen LogP contribution in [-0.2, 0) is 9.53 Å². The number of nitrogens with one attached hydrogen (secondary N) is 1. The topological polar surface area (TPSA) is 112 Å². The Bertz CT molecular complexity index is 617. The number of carbonyl (C=O) groups excluding carboxylic acids is 2. The first-order chi connectivity index (χ1) is 13.6. The summed E-state index contributed by atoms with van der Waals surface area (Å²) in [4.78, 5) is 29.3. The van der Waals surface area contributed by atoms with E-state index < -0.39 is 23.5 Å². The molecule has 0 saturated carbocycles. The molecular weight excluding hydrogens is 370 g/mol. The van der Waals surface area contributed by atoms with Crippen molar-refractivity contribution in [1.82, 2.24) is 15.1 Å². The number of hydrogen-bond acceptors (Lipinski definition) is 5. The number of morpholine rings is 1. The van der Waals surface area contributed by atoms with Gasteiger partial charge in [0.15, 0.2) is 0 Å². The number of hydrogen-bond donors (Lipinski definition) is 2. The first-order valence-electron chi connectivity index (χ1n) is 10.7. The second-order valence-corrected chi connectivity index (χ2v) is 9.57. The van der Waals surface area contributed by atoms with Crippen LogP contribution in [0.4, 0.5) is 4.79 Å². The fourth-order valence-corrected chi connectivity index (χ4v) is 4.36. The molecular formula is C21H37N5O3. The van der Waals surface area contributed by atoms with Crippen LogP contribution in [0.1, 0.15) is 53.4 Å². The lowest BCUT2D eigenvalue weighted by Crippen LogP contribution is -2.61. The number of piperidine rings is 1. The number of nitrogens with zero attached hydrogens (tertiary/aromatic N) is 3. The molecule has 2 heterocycles. The van der Waals surface area contributed by atoms with E-state index in [1.807, 2.05) is 0 Å². The Hall–Kier alpha value is -1.85. The molecule has 2 rings (SSSR count). The highest BCUT2D eigenvalue weighted by Crippen LogP contribution is 2.31. The van der Waals surface area contributed by atoms with Crippen molar-refractivity contribution in [2.45, 2.75) is 65.0 Å². The molecule has 8 heteroatoms. The molecule has 8 nitrogen and oxygen atoms in total. The highest BCUT2D eigenvalue weighted by Gasteiger charge is 2.43. The minimum Gasteiger partial charge on any atom is -0.377 e. The number of primary amides is 1. The zero-order chi connectivity index (χ0) is 21.7. The van der Waals surface area contributed by atoms with Crippen LogP contribution in [0.5, 0.6) is 0 Å². The van der Waals surface area contributed by atoms with Gasteiger partial charge in [0.1, 0.15) is 5.54 Å². The van der Waals surface area contributed by atoms with Crippen molar-refractivity contribution in [1.29, 1.82) is 5.26 Å². The summed E-state index contributed by atoms with van der Waals surface area (Å²) in [5.74, 6) is -0.672. The van der Waals surface area contributed by atoms with Gasteiger partial charge in [0, 0.05) is 19.6 Å². The molecule has 0 aromatic rings. The molecule has 0 aromatic heterocycles. The smallest absolute Gasteiger partial charge is 0.315 e. The maximum atomic E-state index is 13.4. The summed E-state index contributed by atoms with van der Waals surface area (Å²) in [6.07, 6.45) is 2.86. The minimum atomic E-state index is -0.857. The third-order valence-electron chi connectivity index (χ3n) is 5.91. The van der Waals surface area contributed by atoms with Crippen molar-refractivity contribution in [2.24, 2.45) is 17.1 Å². The highest BCUT2D eigenvalue weighted by molar-refractivity contribution is 5.82. The van der Waals surface area contributed by atoms with Gasteiger partial charge in [0.25, 0.3) is 0 Å². The largest absolute Gasteiger partial charge is 0.377 e. The molecule has 2 aliphatic heterocycles. The SMILES string of the molecule is CCCN1CCC(C#N)(NC(=O)C(CC(C)(C)C)C2COCCN2C(N)=O)CC1. The number of amides is 3. The quantitative estimate of drug-likeness (QED) is 0.696. The number of rotatable bonds is 6. The van der Waals surface area contributed by atoms with E-state index in [2.05, 4.69) is 44.0 Å². The van der Waals surface area contributed by atoms with Gasteiger partial charge < -0.3 is 25.6 Å². The average Bonchev–Trinajstić information content (AvgIpc) is 2.67. The van der Waals surface area contributed by atoms with Gasteiger partial charge in [-0.15, -0.1) is 0 Å². The third-order valence-corrected chi connectivity index (χ3v) is 5.91. The average molecular weight is 408 g/mol. The van der Waals surface area contributed by atoms with E-state index in [4.69, 9.17) is 10.5 Å². The van der Waals surface area contributed by atoms with Gasteiger partial charge >= 0.3 is 6.03 Å². The van der Waals surface area contributed by atoms with Gasteiger partial charge in [0.05, 0.1) is 31.2 Å². The van der Waals surface area contributed by atoms with Crippen LogP contribution in [-0.4, -0.2) is 72.7 Å². The molecule has 0 spiro atoms. The summed E-state index contributed by atoms with van der Waals surface area (Å²) in [5.41, 5.74) is 4.59. The molecule has 0 radical (unpaired) electrons. The van der Waals surface area contributed by atoms with Gasteiger partial charge in [-0.1, -0.05) is 27.7 Å². The summed E-state index contributed by atoms with van der Waals surface area (Å²) < 4.78 is 5.59. The van der Waals surface area contributed by atoms with E-state index in [-0.39, 0.29) is 17.9 Å². The molecule has 2 unspecified atom stereocenters. The van der Waals surface area contributed by atoms with Crippen LogP contribution in [0.25, 0.3) is 0 Å². The van der Waals surface area contributed by atoms with Crippen LogP contribution < -0.4 is 11.1 Å². The lowest BCUT2D eigenvalue weighted by Gasteiger charge is -2.43. The summed E-state index contributed by atoms with van der Waals surface area (Å²) in [6.45, 7) is 12.0. The van der Waals surface area contributed by atoms with Gasteiger partial charge in [-0.05, 0) is 37.6 Å². The molecule has 0 bridgehead atoms. The van der Waals surface area contributed by atoms with Crippen molar-refractivity contribution in [3.63, 3.8) is 0 Å². The Kier molecular flexibility index (Phi) is 7.89. The van der Waals surface area contributed by atoms with Crippen molar-refractivity contribution in [3.05, 3.63) is 0 Å². The molecule has 2 fully saturated rings. The number of carbonyl (C=O) groups is 2. The predicted octanol–water partition coefficient (Wildman–Crippen LogP) is 1.70. The Morgan fingerprint density at radius 3 is 2.48 bits per heavy atom. The van der Waals surface area contributed by atoms with Gasteiger partial charge in [0.2, 0.25) is 5.91 Å². The predicted molar refractivity (Wildman–Crippen MR) is 111 cm³/mol. The highest BCUT2D eigenvalue weighted by atomic mass is 16.5. The lowest BCUT2D eigenvalue weighted by atomic mass is 9.79. The number of nitrogens with two attached hydrogens (primary N) is 1. The molecule has 2 atom stereocenters.